The summed E-state index contributed by atoms with van der Waals surface area (Å²) in [6.07, 6.45) is 2.18. The average molecular weight is 455 g/mol. The molecule has 1 aromatic heterocycles. The van der Waals surface area contributed by atoms with Crippen molar-refractivity contribution in [3.63, 3.8) is 0 Å². The summed E-state index contributed by atoms with van der Waals surface area (Å²) in [5, 5.41) is 4.45. The zero-order chi connectivity index (χ0) is 22.8. The monoisotopic (exact) mass is 454 g/mol. The van der Waals surface area contributed by atoms with Crippen molar-refractivity contribution >= 4 is 34.3 Å². The smallest absolute Gasteiger partial charge is 0.262 e. The molecule has 1 amide bonds. The van der Waals surface area contributed by atoms with E-state index in [2.05, 4.69) is 5.32 Å². The highest BCUT2D eigenvalue weighted by atomic mass is 35.5. The van der Waals surface area contributed by atoms with Gasteiger partial charge in [-0.2, -0.15) is 0 Å². The Morgan fingerprint density at radius 1 is 1.25 bits per heavy atom. The van der Waals surface area contributed by atoms with Crippen LogP contribution in [-0.2, 0) is 16.0 Å². The Kier molecular flexibility index (Phi) is 6.53. The number of aromatic nitrogens is 1. The number of carbonyl (C=O) groups is 2. The molecule has 1 aliphatic rings. The van der Waals surface area contributed by atoms with Gasteiger partial charge in [0.05, 0.1) is 31.2 Å². The van der Waals surface area contributed by atoms with E-state index in [-0.39, 0.29) is 30.4 Å². The van der Waals surface area contributed by atoms with Crippen molar-refractivity contribution in [2.45, 2.75) is 45.3 Å². The normalized spacial score (nSPS) is 16.8. The summed E-state index contributed by atoms with van der Waals surface area (Å²) in [5.41, 5.74) is 2.79. The molecule has 2 unspecified atom stereocenters. The molecule has 3 aromatic rings. The molecule has 1 saturated heterocycles. The van der Waals surface area contributed by atoms with Gasteiger partial charge in [-0.1, -0.05) is 11.6 Å². The van der Waals surface area contributed by atoms with Crippen molar-refractivity contribution in [1.29, 1.82) is 0 Å². The van der Waals surface area contributed by atoms with E-state index < -0.39 is 0 Å². The van der Waals surface area contributed by atoms with E-state index in [1.165, 1.54) is 0 Å². The highest BCUT2D eigenvalue weighted by Gasteiger charge is 2.26. The van der Waals surface area contributed by atoms with E-state index in [9.17, 15) is 9.59 Å². The molecule has 7 heteroatoms. The topological polar surface area (TPSA) is 69.6 Å². The maximum Gasteiger partial charge on any atom is 0.262 e. The van der Waals surface area contributed by atoms with Crippen LogP contribution in [0.1, 0.15) is 41.4 Å². The number of rotatable bonds is 6. The first kappa shape index (κ1) is 22.4. The van der Waals surface area contributed by atoms with Crippen molar-refractivity contribution in [1.82, 2.24) is 9.88 Å². The molecule has 1 N–H and O–H groups in total. The fraction of sp³-hybridized carbons (Fsp3) is 0.360. The maximum absolute atomic E-state index is 13.4. The Balaban J connectivity index is 1.69. The number of carbonyl (C=O) groups excluding carboxylic acids is 2. The van der Waals surface area contributed by atoms with Crippen molar-refractivity contribution in [3.05, 3.63) is 64.3 Å². The molecule has 0 aliphatic carbocycles. The lowest BCUT2D eigenvalue weighted by atomic mass is 10.1. The maximum atomic E-state index is 13.4. The predicted octanol–water partition coefficient (Wildman–Crippen LogP) is 4.53. The van der Waals surface area contributed by atoms with Crippen molar-refractivity contribution in [2.75, 3.05) is 13.7 Å². The summed E-state index contributed by atoms with van der Waals surface area (Å²) < 4.78 is 12.7. The van der Waals surface area contributed by atoms with Crippen LogP contribution in [0.5, 0.6) is 5.75 Å². The minimum absolute atomic E-state index is 0.0490. The number of halogens is 1. The molecule has 0 saturated carbocycles. The summed E-state index contributed by atoms with van der Waals surface area (Å²) >= 11 is 5.99. The molecule has 0 radical (unpaired) electrons. The lowest BCUT2D eigenvalue weighted by Crippen LogP contribution is -2.41. The van der Waals surface area contributed by atoms with Crippen molar-refractivity contribution in [2.24, 2.45) is 0 Å². The number of amides is 1. The van der Waals surface area contributed by atoms with Gasteiger partial charge in [0.2, 0.25) is 5.91 Å². The zero-order valence-electron chi connectivity index (χ0n) is 18.5. The minimum Gasteiger partial charge on any atom is -0.497 e. The predicted molar refractivity (Wildman–Crippen MR) is 125 cm³/mol. The second kappa shape index (κ2) is 9.35. The summed E-state index contributed by atoms with van der Waals surface area (Å²) in [5.74, 6) is 0.397. The minimum atomic E-state index is -0.172. The van der Waals surface area contributed by atoms with E-state index in [4.69, 9.17) is 21.1 Å². The molecule has 2 heterocycles. The van der Waals surface area contributed by atoms with Crippen molar-refractivity contribution < 1.29 is 19.1 Å². The Morgan fingerprint density at radius 2 is 2.00 bits per heavy atom. The SMILES string of the molecule is COc1ccc2c(c1)c(CC(=O)NC(C)C1CCCO1)c(C)n2C(=O)c1ccc(Cl)cc1. The largest absolute Gasteiger partial charge is 0.497 e. The van der Waals surface area contributed by atoms with Crippen LogP contribution in [0.3, 0.4) is 0 Å². The number of ether oxygens (including phenoxy) is 2. The van der Waals surface area contributed by atoms with Crippen LogP contribution >= 0.6 is 11.6 Å². The van der Waals surface area contributed by atoms with Gasteiger partial charge in [-0.25, -0.2) is 0 Å². The summed E-state index contributed by atoms with van der Waals surface area (Å²) in [7, 11) is 1.60. The number of benzene rings is 2. The van der Waals surface area contributed by atoms with Gasteiger partial charge in [0.15, 0.2) is 0 Å². The first-order valence-electron chi connectivity index (χ1n) is 10.8. The number of hydrogen-bond donors (Lipinski definition) is 1. The Morgan fingerprint density at radius 3 is 2.66 bits per heavy atom. The molecule has 1 fully saturated rings. The molecule has 0 bridgehead atoms. The fourth-order valence-corrected chi connectivity index (χ4v) is 4.48. The number of methoxy groups -OCH3 is 1. The molecule has 2 atom stereocenters. The third kappa shape index (κ3) is 4.38. The second-order valence-corrected chi connectivity index (χ2v) is 8.62. The van der Waals surface area contributed by atoms with Gasteiger partial charge < -0.3 is 14.8 Å². The quantitative estimate of drug-likeness (QED) is 0.594. The van der Waals surface area contributed by atoms with Crippen LogP contribution in [0.2, 0.25) is 5.02 Å². The van der Waals surface area contributed by atoms with E-state index in [1.54, 1.807) is 35.9 Å². The van der Waals surface area contributed by atoms with Gasteiger partial charge in [0.25, 0.3) is 5.91 Å². The Labute approximate surface area is 192 Å². The van der Waals surface area contributed by atoms with E-state index in [0.717, 1.165) is 41.6 Å². The van der Waals surface area contributed by atoms with Crippen LogP contribution in [0.25, 0.3) is 10.9 Å². The van der Waals surface area contributed by atoms with E-state index in [1.807, 2.05) is 32.0 Å². The van der Waals surface area contributed by atoms with Crippen molar-refractivity contribution in [3.8, 4) is 5.75 Å². The van der Waals surface area contributed by atoms with Gasteiger partial charge in [-0.05, 0) is 74.7 Å². The second-order valence-electron chi connectivity index (χ2n) is 8.18. The highest BCUT2D eigenvalue weighted by Crippen LogP contribution is 2.31. The van der Waals surface area contributed by atoms with Crippen LogP contribution < -0.4 is 10.1 Å². The molecule has 2 aromatic carbocycles. The first-order valence-corrected chi connectivity index (χ1v) is 11.2. The van der Waals surface area contributed by atoms with Crippen LogP contribution in [0.15, 0.2) is 42.5 Å². The molecule has 32 heavy (non-hydrogen) atoms. The third-order valence-corrected chi connectivity index (χ3v) is 6.34. The lowest BCUT2D eigenvalue weighted by molar-refractivity contribution is -0.121. The van der Waals surface area contributed by atoms with Crippen LogP contribution in [0.4, 0.5) is 0 Å². The molecular weight excluding hydrogens is 428 g/mol. The van der Waals surface area contributed by atoms with E-state index >= 15 is 0 Å². The lowest BCUT2D eigenvalue weighted by Gasteiger charge is -2.20. The molecular formula is C25H27ClN2O4. The number of hydrogen-bond acceptors (Lipinski definition) is 4. The van der Waals surface area contributed by atoms with E-state index in [0.29, 0.717) is 16.3 Å². The van der Waals surface area contributed by atoms with Gasteiger partial charge >= 0.3 is 0 Å². The summed E-state index contributed by atoms with van der Waals surface area (Å²) in [4.78, 5) is 26.3. The number of nitrogens with zero attached hydrogens (tertiary/aromatic N) is 1. The standard InChI is InChI=1S/C25H27ClN2O4/c1-15(23-5-4-12-32-23)27-24(29)14-20-16(2)28(22-11-10-19(31-3)13-21(20)22)25(30)17-6-8-18(26)9-7-17/h6-11,13,15,23H,4-5,12,14H2,1-3H3,(H,27,29). The third-order valence-electron chi connectivity index (χ3n) is 6.08. The number of fused-ring (bicyclic) bond motifs is 1. The van der Waals surface area contributed by atoms with Crippen LogP contribution in [-0.4, -0.2) is 42.2 Å². The molecule has 4 rings (SSSR count). The molecule has 1 aliphatic heterocycles. The van der Waals surface area contributed by atoms with Gasteiger partial charge in [0, 0.05) is 28.3 Å². The summed E-state index contributed by atoms with van der Waals surface area (Å²) in [6, 6.07) is 12.3. The highest BCUT2D eigenvalue weighted by molar-refractivity contribution is 6.30. The Hall–Kier alpha value is -2.83. The average Bonchev–Trinajstić information content (AvgIpc) is 3.41. The summed E-state index contributed by atoms with van der Waals surface area (Å²) in [6.45, 7) is 4.58. The Bertz CT molecular complexity index is 1150. The zero-order valence-corrected chi connectivity index (χ0v) is 19.2. The molecule has 6 nitrogen and oxygen atoms in total. The van der Waals surface area contributed by atoms with Gasteiger partial charge in [-0.3, -0.25) is 14.2 Å². The van der Waals surface area contributed by atoms with Crippen LogP contribution in [0, 0.1) is 6.92 Å². The first-order chi connectivity index (χ1) is 15.4. The van der Waals surface area contributed by atoms with Gasteiger partial charge in [0.1, 0.15) is 5.75 Å². The van der Waals surface area contributed by atoms with Gasteiger partial charge in [-0.15, -0.1) is 0 Å². The molecule has 0 spiro atoms. The number of nitrogens with one attached hydrogen (secondary N) is 1. The molecule has 168 valence electrons. The fourth-order valence-electron chi connectivity index (χ4n) is 4.35.